The SMILES string of the molecule is CS(=O)(=O)C1CCN(C(=O)Nc2cncc(Cl)c2)CC1. The standard InChI is InChI=1S/C12H16ClN3O3S/c1-20(18,19)11-2-4-16(5-3-11)12(17)15-10-6-9(13)7-14-8-10/h6-8,11H,2-5H2,1H3,(H,15,17). The summed E-state index contributed by atoms with van der Waals surface area (Å²) in [6.45, 7) is 0.856. The Morgan fingerprint density at radius 3 is 2.60 bits per heavy atom. The summed E-state index contributed by atoms with van der Waals surface area (Å²) in [5.74, 6) is 0. The Kier molecular flexibility index (Phi) is 4.49. The number of pyridine rings is 1. The van der Waals surface area contributed by atoms with Gasteiger partial charge in [0, 0.05) is 25.5 Å². The Morgan fingerprint density at radius 2 is 2.05 bits per heavy atom. The molecule has 0 aromatic carbocycles. The lowest BCUT2D eigenvalue weighted by Crippen LogP contribution is -2.44. The maximum Gasteiger partial charge on any atom is 0.321 e. The second-order valence-electron chi connectivity index (χ2n) is 4.84. The number of sulfone groups is 1. The van der Waals surface area contributed by atoms with Crippen LogP contribution in [-0.4, -0.2) is 48.9 Å². The van der Waals surface area contributed by atoms with Crippen LogP contribution in [0.2, 0.25) is 5.02 Å². The number of likely N-dealkylation sites (tertiary alicyclic amines) is 1. The largest absolute Gasteiger partial charge is 0.324 e. The number of carbonyl (C=O) groups is 1. The molecule has 0 saturated carbocycles. The van der Waals surface area contributed by atoms with E-state index < -0.39 is 9.84 Å². The summed E-state index contributed by atoms with van der Waals surface area (Å²) in [5, 5.41) is 2.79. The van der Waals surface area contributed by atoms with Crippen molar-refractivity contribution in [1.29, 1.82) is 0 Å². The summed E-state index contributed by atoms with van der Waals surface area (Å²) in [6, 6.07) is 1.34. The van der Waals surface area contributed by atoms with Crippen LogP contribution in [0.3, 0.4) is 0 Å². The van der Waals surface area contributed by atoms with Crippen LogP contribution < -0.4 is 5.32 Å². The molecule has 20 heavy (non-hydrogen) atoms. The zero-order chi connectivity index (χ0) is 14.8. The van der Waals surface area contributed by atoms with Gasteiger partial charge in [-0.05, 0) is 18.9 Å². The zero-order valence-corrected chi connectivity index (χ0v) is 12.6. The van der Waals surface area contributed by atoms with Crippen LogP contribution in [-0.2, 0) is 9.84 Å². The van der Waals surface area contributed by atoms with Crippen molar-refractivity contribution in [1.82, 2.24) is 9.88 Å². The third-order valence-electron chi connectivity index (χ3n) is 3.29. The van der Waals surface area contributed by atoms with Gasteiger partial charge in [-0.1, -0.05) is 11.6 Å². The van der Waals surface area contributed by atoms with Gasteiger partial charge < -0.3 is 10.2 Å². The number of urea groups is 1. The van der Waals surface area contributed by atoms with Crippen LogP contribution in [0.4, 0.5) is 10.5 Å². The van der Waals surface area contributed by atoms with Gasteiger partial charge in [0.15, 0.2) is 0 Å². The number of amides is 2. The Morgan fingerprint density at radius 1 is 1.40 bits per heavy atom. The number of nitrogens with zero attached hydrogens (tertiary/aromatic N) is 2. The highest BCUT2D eigenvalue weighted by atomic mass is 35.5. The minimum Gasteiger partial charge on any atom is -0.324 e. The summed E-state index contributed by atoms with van der Waals surface area (Å²) in [7, 11) is -3.03. The summed E-state index contributed by atoms with van der Waals surface area (Å²) in [6.07, 6.45) is 5.17. The quantitative estimate of drug-likeness (QED) is 0.901. The molecule has 6 nitrogen and oxygen atoms in total. The van der Waals surface area contributed by atoms with Crippen LogP contribution >= 0.6 is 11.6 Å². The van der Waals surface area contributed by atoms with Crippen LogP contribution in [0, 0.1) is 0 Å². The fourth-order valence-electron chi connectivity index (χ4n) is 2.17. The third kappa shape index (κ3) is 3.83. The third-order valence-corrected chi connectivity index (χ3v) is 5.18. The van der Waals surface area contributed by atoms with Crippen LogP contribution in [0.5, 0.6) is 0 Å². The molecule has 0 bridgehead atoms. The topological polar surface area (TPSA) is 79.4 Å². The number of anilines is 1. The van der Waals surface area contributed by atoms with Crippen molar-refractivity contribution in [2.75, 3.05) is 24.7 Å². The molecule has 0 spiro atoms. The molecule has 0 unspecified atom stereocenters. The van der Waals surface area contributed by atoms with E-state index in [1.165, 1.54) is 18.6 Å². The molecule has 1 N–H and O–H groups in total. The van der Waals surface area contributed by atoms with Crippen molar-refractivity contribution < 1.29 is 13.2 Å². The monoisotopic (exact) mass is 317 g/mol. The van der Waals surface area contributed by atoms with Crippen LogP contribution in [0.25, 0.3) is 0 Å². The average Bonchev–Trinajstić information content (AvgIpc) is 2.38. The lowest BCUT2D eigenvalue weighted by Gasteiger charge is -2.31. The second kappa shape index (κ2) is 5.97. The Hall–Kier alpha value is -1.34. The molecule has 1 aromatic rings. The molecular weight excluding hydrogens is 302 g/mol. The summed E-state index contributed by atoms with van der Waals surface area (Å²) < 4.78 is 22.9. The highest BCUT2D eigenvalue weighted by molar-refractivity contribution is 7.91. The zero-order valence-electron chi connectivity index (χ0n) is 11.0. The number of hydrogen-bond acceptors (Lipinski definition) is 4. The fraction of sp³-hybridized carbons (Fsp3) is 0.500. The smallest absolute Gasteiger partial charge is 0.321 e. The van der Waals surface area contributed by atoms with Gasteiger partial charge in [0.25, 0.3) is 0 Å². The molecule has 8 heteroatoms. The van der Waals surface area contributed by atoms with Crippen molar-refractivity contribution in [3.05, 3.63) is 23.5 Å². The maximum atomic E-state index is 12.0. The van der Waals surface area contributed by atoms with Crippen molar-refractivity contribution in [2.24, 2.45) is 0 Å². The van der Waals surface area contributed by atoms with Gasteiger partial charge in [-0.2, -0.15) is 0 Å². The number of piperidine rings is 1. The van der Waals surface area contributed by atoms with E-state index in [1.807, 2.05) is 0 Å². The molecule has 0 radical (unpaired) electrons. The minimum absolute atomic E-state index is 0.263. The van der Waals surface area contributed by atoms with E-state index in [2.05, 4.69) is 10.3 Å². The molecule has 110 valence electrons. The van der Waals surface area contributed by atoms with Gasteiger partial charge in [-0.3, -0.25) is 4.98 Å². The van der Waals surface area contributed by atoms with Gasteiger partial charge in [-0.15, -0.1) is 0 Å². The first kappa shape index (κ1) is 15.1. The van der Waals surface area contributed by atoms with E-state index >= 15 is 0 Å². The molecule has 1 saturated heterocycles. The van der Waals surface area contributed by atoms with Crippen molar-refractivity contribution in [2.45, 2.75) is 18.1 Å². The fourth-order valence-corrected chi connectivity index (χ4v) is 3.41. The molecule has 2 rings (SSSR count). The second-order valence-corrected chi connectivity index (χ2v) is 7.60. The minimum atomic E-state index is -3.03. The van der Waals surface area contributed by atoms with E-state index in [0.29, 0.717) is 36.6 Å². The van der Waals surface area contributed by atoms with Gasteiger partial charge >= 0.3 is 6.03 Å². The maximum absolute atomic E-state index is 12.0. The molecule has 2 heterocycles. The first-order valence-electron chi connectivity index (χ1n) is 6.21. The molecule has 1 aliphatic rings. The van der Waals surface area contributed by atoms with Gasteiger partial charge in [0.2, 0.25) is 0 Å². The number of carbonyl (C=O) groups excluding carboxylic acids is 1. The van der Waals surface area contributed by atoms with E-state index in [4.69, 9.17) is 11.6 Å². The lowest BCUT2D eigenvalue weighted by atomic mass is 10.1. The van der Waals surface area contributed by atoms with Gasteiger partial charge in [0.1, 0.15) is 9.84 Å². The molecule has 0 aliphatic carbocycles. The predicted octanol–water partition coefficient (Wildman–Crippen LogP) is 1.78. The van der Waals surface area contributed by atoms with E-state index in [1.54, 1.807) is 11.0 Å². The summed E-state index contributed by atoms with van der Waals surface area (Å²) in [5.41, 5.74) is 0.521. The van der Waals surface area contributed by atoms with Crippen molar-refractivity contribution in [3.8, 4) is 0 Å². The highest BCUT2D eigenvalue weighted by Gasteiger charge is 2.28. The van der Waals surface area contributed by atoms with Crippen LogP contribution in [0.15, 0.2) is 18.5 Å². The number of halogens is 1. The molecule has 1 aromatic heterocycles. The predicted molar refractivity (Wildman–Crippen MR) is 77.7 cm³/mol. The molecule has 1 aliphatic heterocycles. The molecule has 1 fully saturated rings. The Labute approximate surface area is 123 Å². The van der Waals surface area contributed by atoms with E-state index in [-0.39, 0.29) is 11.3 Å². The van der Waals surface area contributed by atoms with E-state index in [0.717, 1.165) is 0 Å². The Bertz CT molecular complexity index is 598. The van der Waals surface area contributed by atoms with Crippen LogP contribution in [0.1, 0.15) is 12.8 Å². The van der Waals surface area contributed by atoms with Crippen molar-refractivity contribution >= 4 is 33.2 Å². The summed E-state index contributed by atoms with van der Waals surface area (Å²) in [4.78, 5) is 17.5. The lowest BCUT2D eigenvalue weighted by molar-refractivity contribution is 0.200. The first-order valence-corrected chi connectivity index (χ1v) is 8.55. The number of nitrogens with one attached hydrogen (secondary N) is 1. The van der Waals surface area contributed by atoms with Crippen molar-refractivity contribution in [3.63, 3.8) is 0 Å². The molecular formula is C12H16ClN3O3S. The molecule has 0 atom stereocenters. The first-order chi connectivity index (χ1) is 9.36. The Balaban J connectivity index is 1.92. The van der Waals surface area contributed by atoms with Gasteiger partial charge in [-0.25, -0.2) is 13.2 Å². The normalized spacial score (nSPS) is 17.0. The van der Waals surface area contributed by atoms with E-state index in [9.17, 15) is 13.2 Å². The number of rotatable bonds is 2. The number of aromatic nitrogens is 1. The average molecular weight is 318 g/mol. The number of hydrogen-bond donors (Lipinski definition) is 1. The summed E-state index contributed by atoms with van der Waals surface area (Å²) >= 11 is 5.79. The van der Waals surface area contributed by atoms with Gasteiger partial charge in [0.05, 0.1) is 22.2 Å². The molecule has 2 amide bonds. The highest BCUT2D eigenvalue weighted by Crippen LogP contribution is 2.19.